The number of carbonyl (C=O) groups excluding carboxylic acids is 1. The fraction of sp³-hybridized carbons (Fsp3) is 0.467. The first-order chi connectivity index (χ1) is 10.8. The maximum absolute atomic E-state index is 12.6. The van der Waals surface area contributed by atoms with Crippen LogP contribution in [-0.4, -0.2) is 56.3 Å². The second kappa shape index (κ2) is 5.49. The summed E-state index contributed by atoms with van der Waals surface area (Å²) in [7, 11) is 0. The highest BCUT2D eigenvalue weighted by Crippen LogP contribution is 2.31. The van der Waals surface area contributed by atoms with Gasteiger partial charge in [0, 0.05) is 6.04 Å². The molecule has 2 aromatic rings. The van der Waals surface area contributed by atoms with E-state index in [1.807, 2.05) is 29.2 Å². The number of rotatable bonds is 5. The van der Waals surface area contributed by atoms with Gasteiger partial charge in [-0.1, -0.05) is 12.1 Å². The molecule has 7 nitrogen and oxygen atoms in total. The van der Waals surface area contributed by atoms with Gasteiger partial charge in [0.1, 0.15) is 6.33 Å². The molecule has 1 saturated carbocycles. The van der Waals surface area contributed by atoms with Crippen molar-refractivity contribution in [2.45, 2.75) is 31.3 Å². The number of aromatic nitrogens is 4. The Kier molecular flexibility index (Phi) is 3.34. The molecule has 1 saturated heterocycles. The molecule has 0 atom stereocenters. The zero-order valence-corrected chi connectivity index (χ0v) is 12.1. The molecular formula is C15H17N5O2. The average molecular weight is 299 g/mol. The van der Waals surface area contributed by atoms with Crippen molar-refractivity contribution >= 4 is 5.91 Å². The fourth-order valence-corrected chi connectivity index (χ4v) is 2.75. The largest absolute Gasteiger partial charge is 0.377 e. The van der Waals surface area contributed by atoms with Gasteiger partial charge >= 0.3 is 0 Å². The van der Waals surface area contributed by atoms with E-state index in [0.29, 0.717) is 25.7 Å². The Morgan fingerprint density at radius 1 is 1.23 bits per heavy atom. The maximum atomic E-state index is 12.6. The van der Waals surface area contributed by atoms with Crippen LogP contribution in [0.5, 0.6) is 0 Å². The van der Waals surface area contributed by atoms with Crippen LogP contribution in [0, 0.1) is 0 Å². The molecule has 1 aliphatic carbocycles. The molecule has 0 radical (unpaired) electrons. The van der Waals surface area contributed by atoms with E-state index >= 15 is 0 Å². The molecule has 1 aromatic carbocycles. The predicted molar refractivity (Wildman–Crippen MR) is 77.3 cm³/mol. The van der Waals surface area contributed by atoms with Gasteiger partial charge in [-0.05, 0) is 41.0 Å². The van der Waals surface area contributed by atoms with Crippen LogP contribution in [0.4, 0.5) is 0 Å². The van der Waals surface area contributed by atoms with Crippen molar-refractivity contribution in [3.05, 3.63) is 36.2 Å². The van der Waals surface area contributed by atoms with Crippen LogP contribution in [-0.2, 0) is 16.0 Å². The van der Waals surface area contributed by atoms with Crippen molar-refractivity contribution < 1.29 is 9.53 Å². The third-order valence-electron chi connectivity index (χ3n) is 4.15. The minimum atomic E-state index is 0.200. The number of hydrogen-bond acceptors (Lipinski definition) is 5. The van der Waals surface area contributed by atoms with Gasteiger partial charge in [0.25, 0.3) is 0 Å². The van der Waals surface area contributed by atoms with Gasteiger partial charge in [-0.25, -0.2) is 4.68 Å². The first kappa shape index (κ1) is 13.4. The summed E-state index contributed by atoms with van der Waals surface area (Å²) in [4.78, 5) is 14.6. The molecule has 1 aliphatic heterocycles. The Balaban J connectivity index is 1.44. The van der Waals surface area contributed by atoms with E-state index in [4.69, 9.17) is 4.74 Å². The molecule has 22 heavy (non-hydrogen) atoms. The summed E-state index contributed by atoms with van der Waals surface area (Å²) in [6.45, 7) is 1.36. The summed E-state index contributed by atoms with van der Waals surface area (Å²) < 4.78 is 6.83. The Morgan fingerprint density at radius 2 is 2.00 bits per heavy atom. The molecule has 0 bridgehead atoms. The minimum absolute atomic E-state index is 0.200. The first-order valence-corrected chi connectivity index (χ1v) is 7.52. The summed E-state index contributed by atoms with van der Waals surface area (Å²) in [5, 5.41) is 11.1. The molecule has 2 heterocycles. The summed E-state index contributed by atoms with van der Waals surface area (Å²) in [6.07, 6.45) is 4.23. The Hall–Kier alpha value is -2.28. The lowest BCUT2D eigenvalue weighted by molar-refractivity contribution is -0.144. The number of benzene rings is 1. The smallest absolute Gasteiger partial charge is 0.227 e. The highest BCUT2D eigenvalue weighted by Gasteiger charge is 2.39. The highest BCUT2D eigenvalue weighted by molar-refractivity contribution is 5.80. The Bertz CT molecular complexity index is 647. The van der Waals surface area contributed by atoms with Gasteiger partial charge in [0.15, 0.2) is 0 Å². The molecule has 0 spiro atoms. The van der Waals surface area contributed by atoms with Gasteiger partial charge in [-0.2, -0.15) is 0 Å². The number of nitrogens with zero attached hydrogens (tertiary/aromatic N) is 5. The van der Waals surface area contributed by atoms with Crippen LogP contribution in [0.2, 0.25) is 0 Å². The number of hydrogen-bond donors (Lipinski definition) is 0. The van der Waals surface area contributed by atoms with Crippen LogP contribution in [0.3, 0.4) is 0 Å². The van der Waals surface area contributed by atoms with E-state index in [1.54, 1.807) is 11.0 Å². The monoisotopic (exact) mass is 299 g/mol. The van der Waals surface area contributed by atoms with Crippen molar-refractivity contribution in [1.29, 1.82) is 0 Å². The van der Waals surface area contributed by atoms with Crippen LogP contribution < -0.4 is 0 Å². The number of tetrazole rings is 1. The van der Waals surface area contributed by atoms with Crippen LogP contribution >= 0.6 is 0 Å². The first-order valence-electron chi connectivity index (χ1n) is 7.52. The summed E-state index contributed by atoms with van der Waals surface area (Å²) >= 11 is 0. The van der Waals surface area contributed by atoms with Crippen molar-refractivity contribution in [3.8, 4) is 5.69 Å². The number of amides is 1. The molecule has 0 unspecified atom stereocenters. The topological polar surface area (TPSA) is 73.1 Å². The second-order valence-electron chi connectivity index (χ2n) is 5.82. The van der Waals surface area contributed by atoms with Crippen molar-refractivity contribution in [2.75, 3.05) is 13.2 Å². The standard InChI is InChI=1S/C15H17N5O2/c21-15(20(13-5-6-13)14-8-22-9-14)7-11-1-3-12(4-2-11)19-10-16-17-18-19/h1-4,10,13-14H,5-9H2. The number of carbonyl (C=O) groups is 1. The molecule has 1 aromatic heterocycles. The third-order valence-corrected chi connectivity index (χ3v) is 4.15. The zero-order valence-electron chi connectivity index (χ0n) is 12.1. The third kappa shape index (κ3) is 2.59. The lowest BCUT2D eigenvalue weighted by Crippen LogP contribution is -2.53. The van der Waals surface area contributed by atoms with Crippen LogP contribution in [0.1, 0.15) is 18.4 Å². The highest BCUT2D eigenvalue weighted by atomic mass is 16.5. The molecular weight excluding hydrogens is 282 g/mol. The molecule has 2 aliphatic rings. The SMILES string of the molecule is O=C(Cc1ccc(-n2cnnn2)cc1)N(C1CC1)C1COC1. The molecule has 0 N–H and O–H groups in total. The van der Waals surface area contributed by atoms with Gasteiger partial charge in [-0.15, -0.1) is 5.10 Å². The molecule has 2 fully saturated rings. The molecule has 7 heteroatoms. The summed E-state index contributed by atoms with van der Waals surface area (Å²) in [5.41, 5.74) is 1.89. The lowest BCUT2D eigenvalue weighted by atomic mass is 10.1. The zero-order chi connectivity index (χ0) is 14.9. The Labute approximate surface area is 127 Å². The van der Waals surface area contributed by atoms with Crippen LogP contribution in [0.25, 0.3) is 5.69 Å². The second-order valence-corrected chi connectivity index (χ2v) is 5.82. The van der Waals surface area contributed by atoms with Crippen molar-refractivity contribution in [2.24, 2.45) is 0 Å². The maximum Gasteiger partial charge on any atom is 0.227 e. The average Bonchev–Trinajstić information content (AvgIpc) is 3.16. The van der Waals surface area contributed by atoms with Crippen LogP contribution in [0.15, 0.2) is 30.6 Å². The van der Waals surface area contributed by atoms with E-state index in [1.165, 1.54) is 0 Å². The molecule has 1 amide bonds. The van der Waals surface area contributed by atoms with E-state index in [9.17, 15) is 4.79 Å². The summed E-state index contributed by atoms with van der Waals surface area (Å²) in [5.74, 6) is 0.200. The Morgan fingerprint density at radius 3 is 2.55 bits per heavy atom. The normalized spacial score (nSPS) is 18.0. The molecule has 4 rings (SSSR count). The van der Waals surface area contributed by atoms with E-state index < -0.39 is 0 Å². The van der Waals surface area contributed by atoms with Crippen molar-refractivity contribution in [1.82, 2.24) is 25.1 Å². The van der Waals surface area contributed by atoms with Crippen molar-refractivity contribution in [3.63, 3.8) is 0 Å². The lowest BCUT2D eigenvalue weighted by Gasteiger charge is -2.37. The van der Waals surface area contributed by atoms with Gasteiger partial charge in [-0.3, -0.25) is 4.79 Å². The van der Waals surface area contributed by atoms with E-state index in [0.717, 1.165) is 24.1 Å². The minimum Gasteiger partial charge on any atom is -0.377 e. The quantitative estimate of drug-likeness (QED) is 0.808. The number of ether oxygens (including phenoxy) is 1. The van der Waals surface area contributed by atoms with Gasteiger partial charge in [0.05, 0.1) is 31.4 Å². The molecule has 114 valence electrons. The van der Waals surface area contributed by atoms with Gasteiger partial charge in [0.2, 0.25) is 5.91 Å². The fourth-order valence-electron chi connectivity index (χ4n) is 2.75. The summed E-state index contributed by atoms with van der Waals surface area (Å²) in [6, 6.07) is 8.47. The van der Waals surface area contributed by atoms with E-state index in [-0.39, 0.29) is 11.9 Å². The predicted octanol–water partition coefficient (Wildman–Crippen LogP) is 0.595. The van der Waals surface area contributed by atoms with E-state index in [2.05, 4.69) is 15.5 Å². The van der Waals surface area contributed by atoms with Gasteiger partial charge < -0.3 is 9.64 Å².